The molecule has 4 rings (SSSR count). The highest BCUT2D eigenvalue weighted by atomic mass is 35.5. The van der Waals surface area contributed by atoms with Gasteiger partial charge in [0.05, 0.1) is 17.1 Å². The summed E-state index contributed by atoms with van der Waals surface area (Å²) in [4.78, 5) is 20.1. The maximum atomic E-state index is 12.2. The Labute approximate surface area is 163 Å². The number of hydrogen-bond donors (Lipinski definition) is 3. The van der Waals surface area contributed by atoms with Gasteiger partial charge in [-0.05, 0) is 30.5 Å². The van der Waals surface area contributed by atoms with Gasteiger partial charge >= 0.3 is 0 Å². The molecule has 4 N–H and O–H groups in total. The number of nitrogens with zero attached hydrogens (tertiary/aromatic N) is 1. The Bertz CT molecular complexity index is 877. The van der Waals surface area contributed by atoms with E-state index < -0.39 is 0 Å². The second-order valence-electron chi connectivity index (χ2n) is 6.58. The van der Waals surface area contributed by atoms with E-state index >= 15 is 0 Å². The molecule has 2 heterocycles. The van der Waals surface area contributed by atoms with Crippen LogP contribution in [-0.2, 0) is 16.1 Å². The van der Waals surface area contributed by atoms with E-state index in [2.05, 4.69) is 15.3 Å². The lowest BCUT2D eigenvalue weighted by molar-refractivity contribution is -0.132. The van der Waals surface area contributed by atoms with Crippen molar-refractivity contribution in [2.45, 2.75) is 31.6 Å². The van der Waals surface area contributed by atoms with Gasteiger partial charge in [0, 0.05) is 18.7 Å². The molecule has 7 heteroatoms. The predicted octanol–water partition coefficient (Wildman–Crippen LogP) is 2.77. The van der Waals surface area contributed by atoms with Gasteiger partial charge in [-0.2, -0.15) is 0 Å². The van der Waals surface area contributed by atoms with E-state index in [0.717, 1.165) is 40.8 Å². The number of rotatable bonds is 5. The molecule has 0 saturated carbocycles. The van der Waals surface area contributed by atoms with Crippen molar-refractivity contribution < 1.29 is 9.53 Å². The third-order valence-electron chi connectivity index (χ3n) is 4.75. The number of carbonyl (C=O) groups is 1. The van der Waals surface area contributed by atoms with Crippen LogP contribution in [0, 0.1) is 0 Å². The molecule has 142 valence electrons. The number of amides is 1. The van der Waals surface area contributed by atoms with Crippen LogP contribution in [0.2, 0.25) is 0 Å². The topological polar surface area (TPSA) is 93.0 Å². The van der Waals surface area contributed by atoms with Crippen LogP contribution in [0.15, 0.2) is 48.5 Å². The second-order valence-corrected chi connectivity index (χ2v) is 6.58. The molecule has 1 saturated heterocycles. The fourth-order valence-corrected chi connectivity index (χ4v) is 3.24. The first-order valence-corrected chi connectivity index (χ1v) is 8.90. The summed E-state index contributed by atoms with van der Waals surface area (Å²) in [5, 5.41) is 2.94. The summed E-state index contributed by atoms with van der Waals surface area (Å²) in [6.45, 7) is 0.944. The Balaban J connectivity index is 0.00000210. The molecule has 0 radical (unpaired) electrons. The summed E-state index contributed by atoms with van der Waals surface area (Å²) < 4.78 is 5.62. The Morgan fingerprint density at radius 2 is 1.96 bits per heavy atom. The van der Waals surface area contributed by atoms with Gasteiger partial charge in [-0.3, -0.25) is 4.79 Å². The van der Waals surface area contributed by atoms with Crippen molar-refractivity contribution >= 4 is 29.3 Å². The lowest BCUT2D eigenvalue weighted by Gasteiger charge is -2.12. The number of nitrogens with two attached hydrogens (primary N) is 1. The van der Waals surface area contributed by atoms with Crippen molar-refractivity contribution in [1.29, 1.82) is 0 Å². The quantitative estimate of drug-likeness (QED) is 0.628. The van der Waals surface area contributed by atoms with Crippen molar-refractivity contribution in [2.75, 3.05) is 6.54 Å². The zero-order chi connectivity index (χ0) is 17.9. The van der Waals surface area contributed by atoms with Gasteiger partial charge in [-0.15, -0.1) is 12.4 Å². The number of fused-ring (bicyclic) bond motifs is 1. The summed E-state index contributed by atoms with van der Waals surface area (Å²) in [7, 11) is 0. The minimum Gasteiger partial charge on any atom is -0.364 e. The number of nitrogens with one attached hydrogen (secondary N) is 2. The highest BCUT2D eigenvalue weighted by molar-refractivity contribution is 5.85. The number of H-pyrrole nitrogens is 1. The maximum Gasteiger partial charge on any atom is 0.249 e. The van der Waals surface area contributed by atoms with Crippen molar-refractivity contribution in [2.24, 2.45) is 5.73 Å². The Kier molecular flexibility index (Phi) is 6.11. The monoisotopic (exact) mass is 386 g/mol. The van der Waals surface area contributed by atoms with Crippen molar-refractivity contribution in [3.8, 4) is 11.4 Å². The third-order valence-corrected chi connectivity index (χ3v) is 4.75. The maximum absolute atomic E-state index is 12.2. The van der Waals surface area contributed by atoms with E-state index in [-0.39, 0.29) is 30.5 Å². The fourth-order valence-electron chi connectivity index (χ4n) is 3.24. The molecule has 0 spiro atoms. The average molecular weight is 387 g/mol. The number of hydrogen-bond acceptors (Lipinski definition) is 4. The zero-order valence-corrected chi connectivity index (χ0v) is 15.7. The number of aromatic amines is 1. The minimum absolute atomic E-state index is 0. The van der Waals surface area contributed by atoms with Gasteiger partial charge in [-0.25, -0.2) is 4.98 Å². The Morgan fingerprint density at radius 3 is 2.67 bits per heavy atom. The van der Waals surface area contributed by atoms with Crippen LogP contribution in [0.5, 0.6) is 0 Å². The van der Waals surface area contributed by atoms with E-state index in [0.29, 0.717) is 13.1 Å². The van der Waals surface area contributed by atoms with Crippen LogP contribution in [0.1, 0.15) is 18.4 Å². The summed E-state index contributed by atoms with van der Waals surface area (Å²) in [6.07, 6.45) is 1.21. The molecule has 1 amide bonds. The van der Waals surface area contributed by atoms with Crippen molar-refractivity contribution in [1.82, 2.24) is 15.3 Å². The van der Waals surface area contributed by atoms with Crippen LogP contribution in [0.25, 0.3) is 22.4 Å². The average Bonchev–Trinajstić information content (AvgIpc) is 3.33. The Morgan fingerprint density at radius 1 is 1.19 bits per heavy atom. The number of para-hydroxylation sites is 2. The molecule has 0 bridgehead atoms. The predicted molar refractivity (Wildman–Crippen MR) is 108 cm³/mol. The van der Waals surface area contributed by atoms with Crippen molar-refractivity contribution in [3.05, 3.63) is 54.1 Å². The molecule has 1 aliphatic rings. The first-order valence-electron chi connectivity index (χ1n) is 8.90. The van der Waals surface area contributed by atoms with Gasteiger partial charge in [0.2, 0.25) is 5.91 Å². The van der Waals surface area contributed by atoms with Crippen molar-refractivity contribution in [3.63, 3.8) is 0 Å². The molecule has 27 heavy (non-hydrogen) atoms. The lowest BCUT2D eigenvalue weighted by Crippen LogP contribution is -2.35. The molecule has 0 unspecified atom stereocenters. The molecule has 3 aromatic rings. The van der Waals surface area contributed by atoms with Crippen LogP contribution < -0.4 is 11.1 Å². The van der Waals surface area contributed by atoms with Gasteiger partial charge in [-0.1, -0.05) is 36.4 Å². The molecule has 1 aliphatic heterocycles. The largest absolute Gasteiger partial charge is 0.364 e. The van der Waals surface area contributed by atoms with Crippen LogP contribution in [-0.4, -0.2) is 34.6 Å². The number of ether oxygens (including phenoxy) is 1. The van der Waals surface area contributed by atoms with E-state index in [1.165, 1.54) is 0 Å². The van der Waals surface area contributed by atoms with Crippen LogP contribution in [0.3, 0.4) is 0 Å². The summed E-state index contributed by atoms with van der Waals surface area (Å²) in [6, 6.07) is 16.0. The van der Waals surface area contributed by atoms with E-state index in [1.807, 2.05) is 48.5 Å². The standard InChI is InChI=1S/C20H22N4O2.ClH/c21-11-15-9-10-18(26-15)20(25)22-12-13-5-7-14(8-6-13)19-23-16-3-1-2-4-17(16)24-19;/h1-8,15,18H,9-12,21H2,(H,22,25)(H,23,24);1H/t15-,18+;/m1./s1. The third kappa shape index (κ3) is 4.30. The number of halogens is 1. The number of carbonyl (C=O) groups excluding carboxylic acids is 1. The molecular weight excluding hydrogens is 364 g/mol. The molecule has 2 aromatic carbocycles. The number of benzene rings is 2. The number of imidazole rings is 1. The van der Waals surface area contributed by atoms with E-state index in [4.69, 9.17) is 10.5 Å². The highest BCUT2D eigenvalue weighted by Gasteiger charge is 2.29. The molecular formula is C20H23ClN4O2. The highest BCUT2D eigenvalue weighted by Crippen LogP contribution is 2.21. The molecule has 1 fully saturated rings. The van der Waals surface area contributed by atoms with Gasteiger partial charge in [0.1, 0.15) is 11.9 Å². The zero-order valence-electron chi connectivity index (χ0n) is 14.9. The van der Waals surface area contributed by atoms with Gasteiger partial charge < -0.3 is 20.8 Å². The first kappa shape index (κ1) is 19.4. The second kappa shape index (κ2) is 8.52. The minimum atomic E-state index is -0.377. The Hall–Kier alpha value is -2.41. The lowest BCUT2D eigenvalue weighted by atomic mass is 10.1. The molecule has 1 aromatic heterocycles. The van der Waals surface area contributed by atoms with Gasteiger partial charge in [0.25, 0.3) is 0 Å². The SMILES string of the molecule is Cl.NC[C@H]1CC[C@@H](C(=O)NCc2ccc(-c3nc4ccccc4[nH]3)cc2)O1. The fraction of sp³-hybridized carbons (Fsp3) is 0.300. The molecule has 2 atom stereocenters. The molecule has 0 aliphatic carbocycles. The van der Waals surface area contributed by atoms with E-state index in [1.54, 1.807) is 0 Å². The normalized spacial score (nSPS) is 19.0. The smallest absolute Gasteiger partial charge is 0.249 e. The van der Waals surface area contributed by atoms with Crippen LogP contribution in [0.4, 0.5) is 0 Å². The summed E-state index contributed by atoms with van der Waals surface area (Å²) in [5.41, 5.74) is 9.60. The van der Waals surface area contributed by atoms with E-state index in [9.17, 15) is 4.79 Å². The van der Waals surface area contributed by atoms with Crippen LogP contribution >= 0.6 is 12.4 Å². The molecule has 6 nitrogen and oxygen atoms in total. The first-order chi connectivity index (χ1) is 12.7. The summed E-state index contributed by atoms with van der Waals surface area (Å²) >= 11 is 0. The van der Waals surface area contributed by atoms with Gasteiger partial charge in [0.15, 0.2) is 0 Å². The number of aromatic nitrogens is 2. The summed E-state index contributed by atoms with van der Waals surface area (Å²) in [5.74, 6) is 0.774.